The van der Waals surface area contributed by atoms with Crippen molar-refractivity contribution in [2.24, 2.45) is 0 Å². The Morgan fingerprint density at radius 1 is 1.54 bits per heavy atom. The quantitative estimate of drug-likeness (QED) is 0.641. The molecule has 0 aliphatic heterocycles. The van der Waals surface area contributed by atoms with E-state index in [0.29, 0.717) is 12.4 Å². The topological polar surface area (TPSA) is 54.5 Å². The van der Waals surface area contributed by atoms with Crippen molar-refractivity contribution >= 4 is 27.3 Å². The van der Waals surface area contributed by atoms with E-state index in [1.807, 2.05) is 0 Å². The van der Waals surface area contributed by atoms with Gasteiger partial charge in [-0.2, -0.15) is 0 Å². The number of nitrogens with zero attached hydrogens (tertiary/aromatic N) is 1. The van der Waals surface area contributed by atoms with Crippen molar-refractivity contribution in [2.75, 3.05) is 25.7 Å². The standard InChI is InChI=1S/C7H14ClNO3S/c1-6(13(3,11)12)7(10)9(2)5-4-8/h6H,4-5H2,1-3H3. The maximum absolute atomic E-state index is 11.4. The van der Waals surface area contributed by atoms with Crippen LogP contribution in [-0.4, -0.2) is 50.2 Å². The van der Waals surface area contributed by atoms with Gasteiger partial charge in [0.05, 0.1) is 0 Å². The zero-order chi connectivity index (χ0) is 10.6. The van der Waals surface area contributed by atoms with Crippen LogP contribution in [0.3, 0.4) is 0 Å². The summed E-state index contributed by atoms with van der Waals surface area (Å²) in [5.41, 5.74) is 0. The molecule has 1 atom stereocenters. The molecule has 0 radical (unpaired) electrons. The zero-order valence-electron chi connectivity index (χ0n) is 7.95. The van der Waals surface area contributed by atoms with Crippen LogP contribution >= 0.6 is 11.6 Å². The zero-order valence-corrected chi connectivity index (χ0v) is 9.52. The van der Waals surface area contributed by atoms with Crippen LogP contribution in [0.2, 0.25) is 0 Å². The molecule has 0 rings (SSSR count). The number of alkyl halides is 1. The van der Waals surface area contributed by atoms with Crippen molar-refractivity contribution in [3.8, 4) is 0 Å². The van der Waals surface area contributed by atoms with Gasteiger partial charge >= 0.3 is 0 Å². The molecule has 0 saturated heterocycles. The van der Waals surface area contributed by atoms with E-state index >= 15 is 0 Å². The van der Waals surface area contributed by atoms with E-state index in [4.69, 9.17) is 11.6 Å². The molecule has 0 aromatic heterocycles. The van der Waals surface area contributed by atoms with E-state index in [1.165, 1.54) is 18.9 Å². The van der Waals surface area contributed by atoms with Gasteiger partial charge in [0, 0.05) is 25.7 Å². The van der Waals surface area contributed by atoms with Gasteiger partial charge in [-0.1, -0.05) is 0 Å². The maximum atomic E-state index is 11.4. The summed E-state index contributed by atoms with van der Waals surface area (Å²) in [5, 5.41) is -0.985. The summed E-state index contributed by atoms with van der Waals surface area (Å²) < 4.78 is 22.0. The predicted octanol–water partition coefficient (Wildman–Crippen LogP) is 0.117. The molecule has 1 amide bonds. The Morgan fingerprint density at radius 3 is 2.31 bits per heavy atom. The Labute approximate surface area is 83.8 Å². The van der Waals surface area contributed by atoms with Crippen molar-refractivity contribution in [3.63, 3.8) is 0 Å². The van der Waals surface area contributed by atoms with Crippen molar-refractivity contribution in [3.05, 3.63) is 0 Å². The summed E-state index contributed by atoms with van der Waals surface area (Å²) in [6.45, 7) is 1.74. The molecule has 6 heteroatoms. The number of amides is 1. The Kier molecular flexibility index (Phi) is 4.70. The van der Waals surface area contributed by atoms with Gasteiger partial charge in [0.15, 0.2) is 9.84 Å². The summed E-state index contributed by atoms with van der Waals surface area (Å²) in [7, 11) is -1.77. The van der Waals surface area contributed by atoms with Crippen LogP contribution in [0, 0.1) is 0 Å². The lowest BCUT2D eigenvalue weighted by Crippen LogP contribution is -2.39. The molecule has 0 aliphatic rings. The van der Waals surface area contributed by atoms with E-state index in [1.54, 1.807) is 0 Å². The molecular formula is C7H14ClNO3S. The highest BCUT2D eigenvalue weighted by molar-refractivity contribution is 7.92. The smallest absolute Gasteiger partial charge is 0.240 e. The minimum Gasteiger partial charge on any atom is -0.343 e. The van der Waals surface area contributed by atoms with Crippen molar-refractivity contribution in [2.45, 2.75) is 12.2 Å². The third kappa shape index (κ3) is 3.95. The molecular weight excluding hydrogens is 214 g/mol. The first-order valence-corrected chi connectivity index (χ1v) is 6.29. The van der Waals surface area contributed by atoms with Crippen molar-refractivity contribution in [1.29, 1.82) is 0 Å². The van der Waals surface area contributed by atoms with Gasteiger partial charge in [-0.15, -0.1) is 11.6 Å². The summed E-state index contributed by atoms with van der Waals surface area (Å²) in [5.74, 6) is -0.109. The predicted molar refractivity (Wildman–Crippen MR) is 52.7 cm³/mol. The highest BCUT2D eigenvalue weighted by Crippen LogP contribution is 2.02. The maximum Gasteiger partial charge on any atom is 0.240 e. The first-order chi connectivity index (χ1) is 5.80. The van der Waals surface area contributed by atoms with Gasteiger partial charge in [0.2, 0.25) is 5.91 Å². The normalized spacial score (nSPS) is 13.8. The third-order valence-corrected chi connectivity index (χ3v) is 3.44. The second kappa shape index (κ2) is 4.81. The van der Waals surface area contributed by atoms with E-state index < -0.39 is 21.0 Å². The summed E-state index contributed by atoms with van der Waals surface area (Å²) >= 11 is 5.42. The van der Waals surface area contributed by atoms with Gasteiger partial charge in [-0.25, -0.2) is 8.42 Å². The molecule has 13 heavy (non-hydrogen) atoms. The van der Waals surface area contributed by atoms with Crippen LogP contribution in [0.25, 0.3) is 0 Å². The molecule has 0 N–H and O–H groups in total. The molecule has 0 bridgehead atoms. The first kappa shape index (κ1) is 12.7. The molecule has 4 nitrogen and oxygen atoms in total. The first-order valence-electron chi connectivity index (χ1n) is 3.80. The van der Waals surface area contributed by atoms with E-state index in [2.05, 4.69) is 0 Å². The molecule has 78 valence electrons. The van der Waals surface area contributed by atoms with Crippen LogP contribution in [0.5, 0.6) is 0 Å². The molecule has 0 fully saturated rings. The lowest BCUT2D eigenvalue weighted by molar-refractivity contribution is -0.128. The van der Waals surface area contributed by atoms with Gasteiger partial charge in [0.25, 0.3) is 0 Å². The summed E-state index contributed by atoms with van der Waals surface area (Å²) in [6.07, 6.45) is 1.05. The van der Waals surface area contributed by atoms with Gasteiger partial charge in [-0.3, -0.25) is 4.79 Å². The monoisotopic (exact) mass is 227 g/mol. The second-order valence-electron chi connectivity index (χ2n) is 2.92. The number of carbonyl (C=O) groups excluding carboxylic acids is 1. The third-order valence-electron chi connectivity index (χ3n) is 1.79. The average Bonchev–Trinajstić information content (AvgIpc) is 2.00. The van der Waals surface area contributed by atoms with Gasteiger partial charge in [0.1, 0.15) is 5.25 Å². The van der Waals surface area contributed by atoms with Crippen LogP contribution < -0.4 is 0 Å². The molecule has 0 spiro atoms. The van der Waals surface area contributed by atoms with Crippen LogP contribution in [0.1, 0.15) is 6.92 Å². The molecule has 0 aromatic carbocycles. The highest BCUT2D eigenvalue weighted by Gasteiger charge is 2.25. The number of sulfone groups is 1. The largest absolute Gasteiger partial charge is 0.343 e. The number of hydrogen-bond donors (Lipinski definition) is 0. The van der Waals surface area contributed by atoms with E-state index in [0.717, 1.165) is 6.26 Å². The van der Waals surface area contributed by atoms with Crippen LogP contribution in [0.15, 0.2) is 0 Å². The van der Waals surface area contributed by atoms with Crippen molar-refractivity contribution in [1.82, 2.24) is 4.90 Å². The fourth-order valence-electron chi connectivity index (χ4n) is 0.730. The summed E-state index contributed by atoms with van der Waals surface area (Å²) in [4.78, 5) is 12.7. The van der Waals surface area contributed by atoms with E-state index in [9.17, 15) is 13.2 Å². The molecule has 0 heterocycles. The molecule has 1 unspecified atom stereocenters. The number of carbonyl (C=O) groups is 1. The second-order valence-corrected chi connectivity index (χ2v) is 5.66. The molecule has 0 saturated carbocycles. The number of halogens is 1. The lowest BCUT2D eigenvalue weighted by atomic mass is 10.4. The Bertz CT molecular complexity index is 275. The fraction of sp³-hybridized carbons (Fsp3) is 0.857. The number of hydrogen-bond acceptors (Lipinski definition) is 3. The van der Waals surface area contributed by atoms with Gasteiger partial charge < -0.3 is 4.90 Å². The Hall–Kier alpha value is -0.290. The SMILES string of the molecule is CC(C(=O)N(C)CCCl)S(C)(=O)=O. The fourth-order valence-corrected chi connectivity index (χ4v) is 1.53. The van der Waals surface area contributed by atoms with Gasteiger partial charge in [-0.05, 0) is 6.92 Å². The summed E-state index contributed by atoms with van der Waals surface area (Å²) in [6, 6.07) is 0. The molecule has 0 aromatic rings. The van der Waals surface area contributed by atoms with Crippen LogP contribution in [0.4, 0.5) is 0 Å². The molecule has 0 aliphatic carbocycles. The highest BCUT2D eigenvalue weighted by atomic mass is 35.5. The average molecular weight is 228 g/mol. The minimum atomic E-state index is -3.30. The van der Waals surface area contributed by atoms with Crippen LogP contribution in [-0.2, 0) is 14.6 Å². The van der Waals surface area contributed by atoms with E-state index in [-0.39, 0.29) is 0 Å². The van der Waals surface area contributed by atoms with Crippen molar-refractivity contribution < 1.29 is 13.2 Å². The Morgan fingerprint density at radius 2 is 2.00 bits per heavy atom. The Balaban J connectivity index is 4.44. The lowest BCUT2D eigenvalue weighted by Gasteiger charge is -2.18. The minimum absolute atomic E-state index is 0.304. The number of rotatable bonds is 4.